The molecule has 1 aromatic rings. The van der Waals surface area contributed by atoms with Gasteiger partial charge >= 0.3 is 6.18 Å². The second-order valence-electron chi connectivity index (χ2n) is 5.29. The molecule has 1 N–H and O–H groups in total. The molecule has 0 aliphatic rings. The van der Waals surface area contributed by atoms with E-state index >= 15 is 0 Å². The topological polar surface area (TPSA) is 29.9 Å². The summed E-state index contributed by atoms with van der Waals surface area (Å²) in [6.07, 6.45) is -0.773. The first-order valence-electron chi connectivity index (χ1n) is 6.63. The Morgan fingerprint density at radius 2 is 1.95 bits per heavy atom. The number of nitrogens with zero attached hydrogens (tertiary/aromatic N) is 2. The van der Waals surface area contributed by atoms with Gasteiger partial charge in [-0.2, -0.15) is 18.3 Å². The summed E-state index contributed by atoms with van der Waals surface area (Å²) in [5.41, 5.74) is -0.833. The average molecular weight is 277 g/mol. The van der Waals surface area contributed by atoms with Gasteiger partial charge in [-0.15, -0.1) is 0 Å². The predicted molar refractivity (Wildman–Crippen MR) is 68.8 cm³/mol. The number of hydrogen-bond acceptors (Lipinski definition) is 2. The summed E-state index contributed by atoms with van der Waals surface area (Å²) >= 11 is 0. The number of alkyl halides is 3. The van der Waals surface area contributed by atoms with Crippen LogP contribution in [-0.2, 0) is 12.7 Å². The fourth-order valence-corrected chi connectivity index (χ4v) is 1.75. The Bertz CT molecular complexity index is 371. The van der Waals surface area contributed by atoms with Crippen molar-refractivity contribution in [1.29, 1.82) is 0 Å². The van der Waals surface area contributed by atoms with Gasteiger partial charge in [0.05, 0.1) is 6.54 Å². The lowest BCUT2D eigenvalue weighted by molar-refractivity contribution is -0.141. The van der Waals surface area contributed by atoms with E-state index in [9.17, 15) is 13.2 Å². The van der Waals surface area contributed by atoms with Gasteiger partial charge in [-0.3, -0.25) is 4.68 Å². The first-order chi connectivity index (χ1) is 8.79. The van der Waals surface area contributed by atoms with Gasteiger partial charge in [-0.25, -0.2) is 0 Å². The van der Waals surface area contributed by atoms with Crippen molar-refractivity contribution in [3.05, 3.63) is 18.0 Å². The Morgan fingerprint density at radius 3 is 2.47 bits per heavy atom. The highest BCUT2D eigenvalue weighted by Gasteiger charge is 2.33. The molecule has 1 heterocycles. The van der Waals surface area contributed by atoms with Gasteiger partial charge in [0.1, 0.15) is 0 Å². The van der Waals surface area contributed by atoms with Crippen molar-refractivity contribution in [2.24, 2.45) is 5.92 Å². The summed E-state index contributed by atoms with van der Waals surface area (Å²) in [5.74, 6) is 0.671. The van der Waals surface area contributed by atoms with Crippen LogP contribution >= 0.6 is 0 Å². The summed E-state index contributed by atoms with van der Waals surface area (Å²) in [4.78, 5) is 0. The Hall–Kier alpha value is -1.04. The molecular formula is C13H22F3N3. The van der Waals surface area contributed by atoms with E-state index in [0.717, 1.165) is 18.9 Å². The quantitative estimate of drug-likeness (QED) is 0.828. The van der Waals surface area contributed by atoms with E-state index in [4.69, 9.17) is 0 Å². The summed E-state index contributed by atoms with van der Waals surface area (Å²) in [6.45, 7) is 7.51. The molecule has 0 bridgehead atoms. The lowest BCUT2D eigenvalue weighted by Crippen LogP contribution is -2.29. The van der Waals surface area contributed by atoms with Crippen LogP contribution in [0, 0.1) is 5.92 Å². The molecule has 0 saturated heterocycles. The van der Waals surface area contributed by atoms with Crippen LogP contribution < -0.4 is 5.32 Å². The lowest BCUT2D eigenvalue weighted by atomic mass is 10.0. The zero-order valence-corrected chi connectivity index (χ0v) is 11.7. The molecule has 110 valence electrons. The van der Waals surface area contributed by atoms with Gasteiger partial charge in [0.2, 0.25) is 0 Å². The van der Waals surface area contributed by atoms with Crippen LogP contribution in [0.5, 0.6) is 0 Å². The number of hydrogen-bond donors (Lipinski definition) is 1. The van der Waals surface area contributed by atoms with Crippen molar-refractivity contribution in [3.8, 4) is 0 Å². The predicted octanol–water partition coefficient (Wildman–Crippen LogP) is 3.32. The Kier molecular flexibility index (Phi) is 5.85. The van der Waals surface area contributed by atoms with Crippen molar-refractivity contribution >= 4 is 0 Å². The molecule has 1 atom stereocenters. The molecule has 3 nitrogen and oxygen atoms in total. The smallest absolute Gasteiger partial charge is 0.312 e. The minimum atomic E-state index is -4.36. The third kappa shape index (κ3) is 6.09. The van der Waals surface area contributed by atoms with Crippen molar-refractivity contribution in [2.75, 3.05) is 6.54 Å². The van der Waals surface area contributed by atoms with Crippen molar-refractivity contribution in [3.63, 3.8) is 0 Å². The molecule has 19 heavy (non-hydrogen) atoms. The summed E-state index contributed by atoms with van der Waals surface area (Å²) in [5, 5.41) is 6.80. The highest BCUT2D eigenvalue weighted by molar-refractivity contribution is 5.03. The zero-order valence-electron chi connectivity index (χ0n) is 11.7. The number of nitrogens with one attached hydrogen (secondary N) is 1. The highest BCUT2D eigenvalue weighted by atomic mass is 19.4. The van der Waals surface area contributed by atoms with Crippen molar-refractivity contribution in [1.82, 2.24) is 15.1 Å². The van der Waals surface area contributed by atoms with Gasteiger partial charge in [0.25, 0.3) is 0 Å². The molecule has 0 aromatic carbocycles. The lowest BCUT2D eigenvalue weighted by Gasteiger charge is -2.14. The number of rotatable bonds is 7. The summed E-state index contributed by atoms with van der Waals surface area (Å²) < 4.78 is 38.3. The molecule has 1 unspecified atom stereocenters. The Morgan fingerprint density at radius 1 is 1.26 bits per heavy atom. The molecule has 0 amide bonds. The standard InChI is InChI=1S/C13H22F3N3/c1-10(2)4-5-11(3)17-7-9-19-8-6-12(18-19)13(14,15)16/h6,8,10-11,17H,4-5,7,9H2,1-3H3. The fraction of sp³-hybridized carbons (Fsp3) is 0.769. The molecule has 0 aliphatic carbocycles. The summed E-state index contributed by atoms with van der Waals surface area (Å²) in [7, 11) is 0. The van der Waals surface area contributed by atoms with Gasteiger partial charge in [-0.1, -0.05) is 13.8 Å². The Balaban J connectivity index is 2.28. The first kappa shape index (κ1) is 16.0. The molecule has 1 aromatic heterocycles. The van der Waals surface area contributed by atoms with E-state index in [1.807, 2.05) is 0 Å². The average Bonchev–Trinajstić information content (AvgIpc) is 2.74. The van der Waals surface area contributed by atoms with Crippen molar-refractivity contribution in [2.45, 2.75) is 52.4 Å². The SMILES string of the molecule is CC(C)CCC(C)NCCn1ccc(C(F)(F)F)n1. The largest absolute Gasteiger partial charge is 0.435 e. The minimum Gasteiger partial charge on any atom is -0.312 e. The van der Waals surface area contributed by atoms with E-state index in [1.54, 1.807) is 0 Å². The van der Waals surface area contributed by atoms with Crippen LogP contribution in [0.2, 0.25) is 0 Å². The van der Waals surface area contributed by atoms with E-state index in [-0.39, 0.29) is 0 Å². The van der Waals surface area contributed by atoms with E-state index < -0.39 is 11.9 Å². The third-order valence-electron chi connectivity index (χ3n) is 2.94. The van der Waals surface area contributed by atoms with Gasteiger partial charge in [0, 0.05) is 18.8 Å². The van der Waals surface area contributed by atoms with Gasteiger partial charge in [0.15, 0.2) is 5.69 Å². The maximum atomic E-state index is 12.3. The van der Waals surface area contributed by atoms with Crippen LogP contribution in [0.15, 0.2) is 12.3 Å². The molecular weight excluding hydrogens is 255 g/mol. The molecule has 6 heteroatoms. The molecule has 0 spiro atoms. The van der Waals surface area contributed by atoms with Gasteiger partial charge in [-0.05, 0) is 31.7 Å². The third-order valence-corrected chi connectivity index (χ3v) is 2.94. The van der Waals surface area contributed by atoms with Crippen LogP contribution in [0.25, 0.3) is 0 Å². The zero-order chi connectivity index (χ0) is 14.5. The first-order valence-corrected chi connectivity index (χ1v) is 6.63. The van der Waals surface area contributed by atoms with Crippen LogP contribution in [0.4, 0.5) is 13.2 Å². The van der Waals surface area contributed by atoms with Crippen molar-refractivity contribution < 1.29 is 13.2 Å². The number of aromatic nitrogens is 2. The molecule has 0 radical (unpaired) electrons. The fourth-order valence-electron chi connectivity index (χ4n) is 1.75. The van der Waals surface area contributed by atoms with Crippen LogP contribution in [0.3, 0.4) is 0 Å². The number of halogens is 3. The van der Waals surface area contributed by atoms with Crippen LogP contribution in [0.1, 0.15) is 39.3 Å². The molecule has 1 rings (SSSR count). The van der Waals surface area contributed by atoms with E-state index in [0.29, 0.717) is 25.0 Å². The second-order valence-corrected chi connectivity index (χ2v) is 5.29. The second kappa shape index (κ2) is 6.93. The molecule has 0 aliphatic heterocycles. The Labute approximate surface area is 112 Å². The van der Waals surface area contributed by atoms with Gasteiger partial charge < -0.3 is 5.32 Å². The monoisotopic (exact) mass is 277 g/mol. The normalized spacial score (nSPS) is 14.1. The molecule has 0 saturated carbocycles. The summed E-state index contributed by atoms with van der Waals surface area (Å²) in [6, 6.07) is 1.38. The van der Waals surface area contributed by atoms with E-state index in [1.165, 1.54) is 10.9 Å². The highest BCUT2D eigenvalue weighted by Crippen LogP contribution is 2.27. The maximum Gasteiger partial charge on any atom is 0.435 e. The maximum absolute atomic E-state index is 12.3. The van der Waals surface area contributed by atoms with Crippen LogP contribution in [-0.4, -0.2) is 22.4 Å². The minimum absolute atomic E-state index is 0.375. The van der Waals surface area contributed by atoms with E-state index in [2.05, 4.69) is 31.2 Å². The molecule has 0 fully saturated rings.